The topological polar surface area (TPSA) is 12.0 Å². The summed E-state index contributed by atoms with van der Waals surface area (Å²) >= 11 is 12.2. The summed E-state index contributed by atoms with van der Waals surface area (Å²) < 4.78 is 13.6. The summed E-state index contributed by atoms with van der Waals surface area (Å²) in [5, 5.41) is 4.57. The second-order valence-electron chi connectivity index (χ2n) is 4.81. The van der Waals surface area contributed by atoms with Crippen molar-refractivity contribution in [1.29, 1.82) is 0 Å². The Morgan fingerprint density at radius 1 is 1.15 bits per heavy atom. The van der Waals surface area contributed by atoms with E-state index in [0.717, 1.165) is 11.1 Å². The van der Waals surface area contributed by atoms with E-state index in [1.165, 1.54) is 0 Å². The summed E-state index contributed by atoms with van der Waals surface area (Å²) in [6.45, 7) is 4.27. The Bertz CT molecular complexity index is 593. The number of hydrogen-bond acceptors (Lipinski definition) is 1. The van der Waals surface area contributed by atoms with Gasteiger partial charge in [-0.3, -0.25) is 0 Å². The third-order valence-electron chi connectivity index (χ3n) is 3.34. The minimum absolute atomic E-state index is 0.0115. The molecule has 0 saturated carbocycles. The van der Waals surface area contributed by atoms with Gasteiger partial charge in [0.2, 0.25) is 0 Å². The number of halogens is 3. The highest BCUT2D eigenvalue weighted by molar-refractivity contribution is 6.35. The quantitative estimate of drug-likeness (QED) is 0.808. The van der Waals surface area contributed by atoms with E-state index in [2.05, 4.69) is 5.32 Å². The minimum Gasteiger partial charge on any atom is -0.306 e. The van der Waals surface area contributed by atoms with Gasteiger partial charge in [0.15, 0.2) is 0 Å². The zero-order valence-electron chi connectivity index (χ0n) is 11.4. The molecule has 1 unspecified atom stereocenters. The SMILES string of the molecule is Cc1ccc(C(C)NCc2c(Cl)cccc2Cl)cc1F. The monoisotopic (exact) mass is 311 g/mol. The third-order valence-corrected chi connectivity index (χ3v) is 4.05. The molecular formula is C16H16Cl2FN. The van der Waals surface area contributed by atoms with Crippen molar-refractivity contribution in [3.8, 4) is 0 Å². The van der Waals surface area contributed by atoms with Crippen molar-refractivity contribution in [3.63, 3.8) is 0 Å². The zero-order chi connectivity index (χ0) is 14.7. The van der Waals surface area contributed by atoms with Crippen molar-refractivity contribution in [1.82, 2.24) is 5.32 Å². The fourth-order valence-electron chi connectivity index (χ4n) is 1.95. The highest BCUT2D eigenvalue weighted by Crippen LogP contribution is 2.25. The molecule has 0 bridgehead atoms. The number of nitrogens with one attached hydrogen (secondary N) is 1. The average molecular weight is 312 g/mol. The van der Waals surface area contributed by atoms with E-state index in [9.17, 15) is 4.39 Å². The first-order valence-corrected chi connectivity index (χ1v) is 7.17. The van der Waals surface area contributed by atoms with Crippen LogP contribution in [-0.2, 0) is 6.54 Å². The van der Waals surface area contributed by atoms with Gasteiger partial charge in [0.1, 0.15) is 5.82 Å². The molecule has 1 nitrogen and oxygen atoms in total. The lowest BCUT2D eigenvalue weighted by atomic mass is 10.1. The number of hydrogen-bond donors (Lipinski definition) is 1. The maximum absolute atomic E-state index is 13.6. The van der Waals surface area contributed by atoms with Gasteiger partial charge in [-0.15, -0.1) is 0 Å². The van der Waals surface area contributed by atoms with Gasteiger partial charge in [0, 0.05) is 28.2 Å². The van der Waals surface area contributed by atoms with Gasteiger partial charge in [-0.2, -0.15) is 0 Å². The molecule has 2 aromatic rings. The van der Waals surface area contributed by atoms with Crippen LogP contribution >= 0.6 is 23.2 Å². The van der Waals surface area contributed by atoms with Crippen molar-refractivity contribution >= 4 is 23.2 Å². The van der Waals surface area contributed by atoms with E-state index < -0.39 is 0 Å². The van der Waals surface area contributed by atoms with Crippen molar-refractivity contribution in [2.75, 3.05) is 0 Å². The van der Waals surface area contributed by atoms with Crippen molar-refractivity contribution in [3.05, 3.63) is 69.0 Å². The van der Waals surface area contributed by atoms with E-state index in [0.29, 0.717) is 22.2 Å². The molecule has 0 aliphatic carbocycles. The number of aryl methyl sites for hydroxylation is 1. The smallest absolute Gasteiger partial charge is 0.126 e. The molecule has 0 radical (unpaired) electrons. The summed E-state index contributed by atoms with van der Waals surface area (Å²) in [7, 11) is 0. The molecule has 106 valence electrons. The molecule has 0 aliphatic heterocycles. The predicted molar refractivity (Wildman–Crippen MR) is 82.9 cm³/mol. The van der Waals surface area contributed by atoms with E-state index in [-0.39, 0.29) is 11.9 Å². The normalized spacial score (nSPS) is 12.4. The van der Waals surface area contributed by atoms with Gasteiger partial charge in [0.25, 0.3) is 0 Å². The molecule has 0 amide bonds. The Kier molecular flexibility index (Phi) is 5.03. The predicted octanol–water partition coefficient (Wildman–Crippen LogP) is 5.29. The number of rotatable bonds is 4. The minimum atomic E-state index is -0.188. The zero-order valence-corrected chi connectivity index (χ0v) is 12.9. The van der Waals surface area contributed by atoms with Crippen LogP contribution in [-0.4, -0.2) is 0 Å². The summed E-state index contributed by atoms with van der Waals surface area (Å²) in [5.41, 5.74) is 2.40. The van der Waals surface area contributed by atoms with Crippen LogP contribution in [0.3, 0.4) is 0 Å². The maximum Gasteiger partial charge on any atom is 0.126 e. The first-order chi connectivity index (χ1) is 9.49. The Balaban J connectivity index is 2.08. The van der Waals surface area contributed by atoms with E-state index in [1.807, 2.05) is 19.1 Å². The molecule has 0 heterocycles. The lowest BCUT2D eigenvalue weighted by Gasteiger charge is -2.16. The Labute approximate surface area is 128 Å². The molecule has 0 aromatic heterocycles. The second-order valence-corrected chi connectivity index (χ2v) is 5.63. The molecule has 0 saturated heterocycles. The summed E-state index contributed by atoms with van der Waals surface area (Å²) in [6, 6.07) is 10.7. The maximum atomic E-state index is 13.6. The molecule has 1 atom stereocenters. The van der Waals surface area contributed by atoms with Gasteiger partial charge in [0.05, 0.1) is 0 Å². The van der Waals surface area contributed by atoms with Gasteiger partial charge >= 0.3 is 0 Å². The van der Waals surface area contributed by atoms with Crippen LogP contribution in [0.15, 0.2) is 36.4 Å². The molecule has 4 heteroatoms. The first-order valence-electron chi connectivity index (χ1n) is 6.41. The van der Waals surface area contributed by atoms with Crippen LogP contribution < -0.4 is 5.32 Å². The average Bonchev–Trinajstić information content (AvgIpc) is 2.41. The molecule has 0 fully saturated rings. The molecular weight excluding hydrogens is 296 g/mol. The van der Waals surface area contributed by atoms with Crippen LogP contribution in [0.1, 0.15) is 29.7 Å². The van der Waals surface area contributed by atoms with Gasteiger partial charge in [-0.25, -0.2) is 4.39 Å². The lowest BCUT2D eigenvalue weighted by molar-refractivity contribution is 0.563. The molecule has 0 aliphatic rings. The van der Waals surface area contributed by atoms with Gasteiger partial charge in [-0.05, 0) is 43.2 Å². The summed E-state index contributed by atoms with van der Waals surface area (Å²) in [4.78, 5) is 0. The molecule has 1 N–H and O–H groups in total. The van der Waals surface area contributed by atoms with Crippen molar-refractivity contribution < 1.29 is 4.39 Å². The highest BCUT2D eigenvalue weighted by atomic mass is 35.5. The molecule has 20 heavy (non-hydrogen) atoms. The fraction of sp³-hybridized carbons (Fsp3) is 0.250. The first kappa shape index (κ1) is 15.3. The van der Waals surface area contributed by atoms with Gasteiger partial charge in [-0.1, -0.05) is 41.4 Å². The lowest BCUT2D eigenvalue weighted by Crippen LogP contribution is -2.18. The van der Waals surface area contributed by atoms with Crippen LogP contribution in [0, 0.1) is 12.7 Å². The van der Waals surface area contributed by atoms with Crippen molar-refractivity contribution in [2.45, 2.75) is 26.4 Å². The fourth-order valence-corrected chi connectivity index (χ4v) is 2.48. The van der Waals surface area contributed by atoms with Crippen LogP contribution in [0.2, 0.25) is 10.0 Å². The van der Waals surface area contributed by atoms with Crippen LogP contribution in [0.4, 0.5) is 4.39 Å². The molecule has 2 aromatic carbocycles. The van der Waals surface area contributed by atoms with Crippen LogP contribution in [0.25, 0.3) is 0 Å². The molecule has 2 rings (SSSR count). The Morgan fingerprint density at radius 2 is 1.80 bits per heavy atom. The Hall–Kier alpha value is -1.09. The number of benzene rings is 2. The summed E-state index contributed by atoms with van der Waals surface area (Å²) in [5.74, 6) is -0.188. The van der Waals surface area contributed by atoms with Crippen LogP contribution in [0.5, 0.6) is 0 Å². The van der Waals surface area contributed by atoms with Gasteiger partial charge < -0.3 is 5.32 Å². The second kappa shape index (κ2) is 6.57. The molecule has 0 spiro atoms. The van der Waals surface area contributed by atoms with E-state index >= 15 is 0 Å². The third kappa shape index (κ3) is 3.51. The highest BCUT2D eigenvalue weighted by Gasteiger charge is 2.10. The largest absolute Gasteiger partial charge is 0.306 e. The summed E-state index contributed by atoms with van der Waals surface area (Å²) in [6.07, 6.45) is 0. The van der Waals surface area contributed by atoms with E-state index in [1.54, 1.807) is 31.2 Å². The van der Waals surface area contributed by atoms with E-state index in [4.69, 9.17) is 23.2 Å². The van der Waals surface area contributed by atoms with Crippen molar-refractivity contribution in [2.24, 2.45) is 0 Å². The Morgan fingerprint density at radius 3 is 2.40 bits per heavy atom. The standard InChI is InChI=1S/C16H16Cl2FN/c1-10-6-7-12(8-16(10)19)11(2)20-9-13-14(17)4-3-5-15(13)18/h3-8,11,20H,9H2,1-2H3.